The molecular weight excluding hydrogens is 390 g/mol. The van der Waals surface area contributed by atoms with E-state index < -0.39 is 0 Å². The normalized spacial score (nSPS) is 14.7. The van der Waals surface area contributed by atoms with Crippen LogP contribution in [0.2, 0.25) is 5.02 Å². The maximum atomic E-state index is 12.4. The Balaban J connectivity index is 1.29. The number of rotatable bonds is 5. The molecule has 1 aliphatic rings. The van der Waals surface area contributed by atoms with E-state index in [0.29, 0.717) is 31.2 Å². The molecule has 0 saturated carbocycles. The van der Waals surface area contributed by atoms with Crippen LogP contribution in [0.1, 0.15) is 11.4 Å². The van der Waals surface area contributed by atoms with Crippen LogP contribution in [-0.4, -0.2) is 62.2 Å². The van der Waals surface area contributed by atoms with E-state index in [-0.39, 0.29) is 6.03 Å². The van der Waals surface area contributed by atoms with Crippen molar-refractivity contribution < 1.29 is 4.79 Å². The van der Waals surface area contributed by atoms with Crippen LogP contribution < -0.4 is 5.32 Å². The van der Waals surface area contributed by atoms with E-state index in [1.165, 1.54) is 0 Å². The van der Waals surface area contributed by atoms with E-state index in [1.807, 2.05) is 59.5 Å². The average molecular weight is 412 g/mol. The summed E-state index contributed by atoms with van der Waals surface area (Å²) in [6, 6.07) is 17.3. The lowest BCUT2D eigenvalue weighted by atomic mass is 10.2. The summed E-state index contributed by atoms with van der Waals surface area (Å²) < 4.78 is 1.72. The minimum atomic E-state index is -0.0282. The third kappa shape index (κ3) is 4.90. The second kappa shape index (κ2) is 9.02. The molecule has 0 atom stereocenters. The minimum Gasteiger partial charge on any atom is -0.334 e. The molecule has 0 bridgehead atoms. The molecule has 2 heterocycles. The first kappa shape index (κ1) is 19.4. The summed E-state index contributed by atoms with van der Waals surface area (Å²) in [6.07, 6.45) is 0. The van der Waals surface area contributed by atoms with Crippen molar-refractivity contribution in [1.82, 2.24) is 35.3 Å². The van der Waals surface area contributed by atoms with Crippen molar-refractivity contribution in [1.29, 1.82) is 0 Å². The number of nitrogens with one attached hydrogen (secondary N) is 1. The lowest BCUT2D eigenvalue weighted by Crippen LogP contribution is -2.51. The molecule has 1 fully saturated rings. The van der Waals surface area contributed by atoms with E-state index in [2.05, 4.69) is 25.7 Å². The summed E-state index contributed by atoms with van der Waals surface area (Å²) in [4.78, 5) is 16.5. The Hall–Kier alpha value is -2.97. The first-order chi connectivity index (χ1) is 14.2. The third-order valence-electron chi connectivity index (χ3n) is 4.92. The fourth-order valence-electron chi connectivity index (χ4n) is 3.28. The number of urea groups is 1. The van der Waals surface area contributed by atoms with Gasteiger partial charge in [-0.1, -0.05) is 41.9 Å². The highest BCUT2D eigenvalue weighted by Gasteiger charge is 2.22. The molecule has 0 unspecified atom stereocenters. The molecule has 8 nitrogen and oxygen atoms in total. The van der Waals surface area contributed by atoms with Crippen LogP contribution in [0.3, 0.4) is 0 Å². The fraction of sp³-hybridized carbons (Fsp3) is 0.300. The number of halogens is 1. The van der Waals surface area contributed by atoms with Gasteiger partial charge >= 0.3 is 6.03 Å². The maximum absolute atomic E-state index is 12.4. The van der Waals surface area contributed by atoms with Gasteiger partial charge in [0.05, 0.1) is 12.2 Å². The second-order valence-electron chi connectivity index (χ2n) is 6.89. The van der Waals surface area contributed by atoms with Gasteiger partial charge in [0.25, 0.3) is 0 Å². The van der Waals surface area contributed by atoms with Gasteiger partial charge in [-0.2, -0.15) is 4.68 Å². The zero-order valence-corrected chi connectivity index (χ0v) is 16.7. The molecule has 1 aliphatic heterocycles. The molecule has 2 aromatic carbocycles. The fourth-order valence-corrected chi connectivity index (χ4v) is 3.41. The van der Waals surface area contributed by atoms with Crippen molar-refractivity contribution in [2.45, 2.75) is 13.1 Å². The lowest BCUT2D eigenvalue weighted by Gasteiger charge is -2.34. The molecule has 2 amide bonds. The Kier molecular flexibility index (Phi) is 6.02. The molecule has 1 saturated heterocycles. The maximum Gasteiger partial charge on any atom is 0.317 e. The van der Waals surface area contributed by atoms with Crippen LogP contribution in [0, 0.1) is 0 Å². The number of amides is 2. The van der Waals surface area contributed by atoms with Crippen molar-refractivity contribution in [3.8, 4) is 5.69 Å². The number of aromatic nitrogens is 4. The van der Waals surface area contributed by atoms with Crippen LogP contribution in [0.15, 0.2) is 54.6 Å². The number of piperazine rings is 1. The Labute approximate surface area is 174 Å². The highest BCUT2D eigenvalue weighted by Crippen LogP contribution is 2.15. The van der Waals surface area contributed by atoms with E-state index in [0.717, 1.165) is 30.2 Å². The summed E-state index contributed by atoms with van der Waals surface area (Å²) in [5.41, 5.74) is 1.96. The summed E-state index contributed by atoms with van der Waals surface area (Å²) >= 11 is 5.96. The smallest absolute Gasteiger partial charge is 0.317 e. The molecule has 150 valence electrons. The highest BCUT2D eigenvalue weighted by atomic mass is 35.5. The van der Waals surface area contributed by atoms with Crippen molar-refractivity contribution in [3.05, 3.63) is 71.0 Å². The third-order valence-corrected chi connectivity index (χ3v) is 5.17. The SMILES string of the molecule is O=C(NCc1ccccc1)N1CCN(Cc2nnnn2-c2ccc(Cl)cc2)CC1. The minimum absolute atomic E-state index is 0.0282. The molecule has 1 aromatic heterocycles. The lowest BCUT2D eigenvalue weighted by molar-refractivity contribution is 0.133. The van der Waals surface area contributed by atoms with Crippen molar-refractivity contribution in [2.75, 3.05) is 26.2 Å². The van der Waals surface area contributed by atoms with E-state index >= 15 is 0 Å². The number of benzene rings is 2. The van der Waals surface area contributed by atoms with Gasteiger partial charge in [0.1, 0.15) is 0 Å². The Morgan fingerprint density at radius 1 is 1.00 bits per heavy atom. The summed E-state index contributed by atoms with van der Waals surface area (Å²) in [5, 5.41) is 15.7. The van der Waals surface area contributed by atoms with Crippen LogP contribution in [0.25, 0.3) is 5.69 Å². The summed E-state index contributed by atoms with van der Waals surface area (Å²) in [7, 11) is 0. The van der Waals surface area contributed by atoms with Crippen LogP contribution in [0.4, 0.5) is 4.79 Å². The summed E-state index contributed by atoms with van der Waals surface area (Å²) in [6.45, 7) is 4.04. The van der Waals surface area contributed by atoms with E-state index in [9.17, 15) is 4.79 Å². The number of carbonyl (C=O) groups excluding carboxylic acids is 1. The van der Waals surface area contributed by atoms with Gasteiger partial charge in [-0.15, -0.1) is 5.10 Å². The van der Waals surface area contributed by atoms with Gasteiger partial charge < -0.3 is 10.2 Å². The molecule has 0 spiro atoms. The van der Waals surface area contributed by atoms with Gasteiger partial charge in [-0.25, -0.2) is 4.79 Å². The Morgan fingerprint density at radius 2 is 1.72 bits per heavy atom. The Bertz CT molecular complexity index is 937. The summed E-state index contributed by atoms with van der Waals surface area (Å²) in [5.74, 6) is 0.759. The number of tetrazole rings is 1. The predicted octanol–water partition coefficient (Wildman–Crippen LogP) is 2.34. The van der Waals surface area contributed by atoms with Crippen molar-refractivity contribution >= 4 is 17.6 Å². The molecule has 9 heteroatoms. The monoisotopic (exact) mass is 411 g/mol. The molecule has 4 rings (SSSR count). The second-order valence-corrected chi connectivity index (χ2v) is 7.33. The topological polar surface area (TPSA) is 79.2 Å². The molecule has 0 radical (unpaired) electrons. The Morgan fingerprint density at radius 3 is 2.45 bits per heavy atom. The zero-order valence-electron chi connectivity index (χ0n) is 15.9. The van der Waals surface area contributed by atoms with Gasteiger partial charge in [-0.3, -0.25) is 4.90 Å². The van der Waals surface area contributed by atoms with Crippen LogP contribution in [-0.2, 0) is 13.1 Å². The zero-order chi connectivity index (χ0) is 20.1. The number of carbonyl (C=O) groups is 1. The first-order valence-corrected chi connectivity index (χ1v) is 9.89. The molecular formula is C20H22ClN7O. The standard InChI is InChI=1S/C20H22ClN7O/c21-17-6-8-18(9-7-17)28-19(23-24-25-28)15-26-10-12-27(13-11-26)20(29)22-14-16-4-2-1-3-5-16/h1-9H,10-15H2,(H,22,29). The van der Waals surface area contributed by atoms with Crippen LogP contribution >= 0.6 is 11.6 Å². The highest BCUT2D eigenvalue weighted by molar-refractivity contribution is 6.30. The number of hydrogen-bond acceptors (Lipinski definition) is 5. The number of nitrogens with zero attached hydrogens (tertiary/aromatic N) is 6. The predicted molar refractivity (Wildman–Crippen MR) is 110 cm³/mol. The van der Waals surface area contributed by atoms with Crippen LogP contribution in [0.5, 0.6) is 0 Å². The van der Waals surface area contributed by atoms with Gasteiger partial charge in [0.15, 0.2) is 5.82 Å². The largest absolute Gasteiger partial charge is 0.334 e. The van der Waals surface area contributed by atoms with Gasteiger partial charge in [-0.05, 0) is 40.3 Å². The molecule has 29 heavy (non-hydrogen) atoms. The van der Waals surface area contributed by atoms with Crippen molar-refractivity contribution in [3.63, 3.8) is 0 Å². The van der Waals surface area contributed by atoms with Gasteiger partial charge in [0.2, 0.25) is 0 Å². The van der Waals surface area contributed by atoms with E-state index in [4.69, 9.17) is 11.6 Å². The average Bonchev–Trinajstić information content (AvgIpc) is 3.22. The quantitative estimate of drug-likeness (QED) is 0.697. The molecule has 1 N–H and O–H groups in total. The number of hydrogen-bond donors (Lipinski definition) is 1. The molecule has 0 aliphatic carbocycles. The van der Waals surface area contributed by atoms with Crippen molar-refractivity contribution in [2.24, 2.45) is 0 Å². The van der Waals surface area contributed by atoms with E-state index in [1.54, 1.807) is 4.68 Å². The van der Waals surface area contributed by atoms with Gasteiger partial charge in [0, 0.05) is 37.7 Å². The molecule has 3 aromatic rings. The first-order valence-electron chi connectivity index (χ1n) is 9.51.